The summed E-state index contributed by atoms with van der Waals surface area (Å²) in [4.78, 5) is 28.8. The molecule has 1 N–H and O–H groups in total. The van der Waals surface area contributed by atoms with Crippen LogP contribution in [0.4, 0.5) is 10.1 Å². The van der Waals surface area contributed by atoms with E-state index in [9.17, 15) is 22.4 Å². The van der Waals surface area contributed by atoms with Gasteiger partial charge in [0.05, 0.1) is 10.6 Å². The maximum absolute atomic E-state index is 14.0. The van der Waals surface area contributed by atoms with E-state index in [1.807, 2.05) is 58.9 Å². The van der Waals surface area contributed by atoms with Gasteiger partial charge in [-0.15, -0.1) is 0 Å². The van der Waals surface area contributed by atoms with Gasteiger partial charge < -0.3 is 10.2 Å². The number of amides is 2. The number of aryl methyl sites for hydroxylation is 2. The van der Waals surface area contributed by atoms with Gasteiger partial charge in [0.25, 0.3) is 10.0 Å². The Kier molecular flexibility index (Phi) is 10.5. The Balaban J connectivity index is 2.04. The van der Waals surface area contributed by atoms with Crippen LogP contribution in [0, 0.1) is 19.7 Å². The number of hydrogen-bond acceptors (Lipinski definition) is 4. The minimum atomic E-state index is -4.20. The normalized spacial score (nSPS) is 12.8. The predicted molar refractivity (Wildman–Crippen MR) is 156 cm³/mol. The highest BCUT2D eigenvalue weighted by Crippen LogP contribution is 2.25. The van der Waals surface area contributed by atoms with Crippen molar-refractivity contribution in [1.82, 2.24) is 10.2 Å². The number of nitrogens with zero attached hydrogens (tertiary/aromatic N) is 2. The summed E-state index contributed by atoms with van der Waals surface area (Å²) in [7, 11) is -4.20. The number of benzene rings is 3. The second-order valence-corrected chi connectivity index (χ2v) is 11.9. The summed E-state index contributed by atoms with van der Waals surface area (Å²) < 4.78 is 42.4. The molecule has 0 aliphatic heterocycles. The van der Waals surface area contributed by atoms with E-state index < -0.39 is 34.3 Å². The first-order chi connectivity index (χ1) is 19.0. The van der Waals surface area contributed by atoms with E-state index in [1.54, 1.807) is 12.1 Å². The van der Waals surface area contributed by atoms with Gasteiger partial charge in [0, 0.05) is 12.6 Å². The average Bonchev–Trinajstić information content (AvgIpc) is 2.93. The highest BCUT2D eigenvalue weighted by atomic mass is 32.2. The van der Waals surface area contributed by atoms with Crippen molar-refractivity contribution in [2.45, 2.75) is 71.0 Å². The molecule has 0 fully saturated rings. The smallest absolute Gasteiger partial charge is 0.264 e. The number of hydrogen-bond donors (Lipinski definition) is 1. The van der Waals surface area contributed by atoms with E-state index >= 15 is 0 Å². The molecule has 0 saturated carbocycles. The van der Waals surface area contributed by atoms with Gasteiger partial charge in [-0.2, -0.15) is 0 Å². The largest absolute Gasteiger partial charge is 0.352 e. The van der Waals surface area contributed by atoms with Gasteiger partial charge in [-0.1, -0.05) is 61.4 Å². The fourth-order valence-electron chi connectivity index (χ4n) is 4.22. The Morgan fingerprint density at radius 1 is 0.850 bits per heavy atom. The predicted octanol–water partition coefficient (Wildman–Crippen LogP) is 5.36. The molecule has 0 unspecified atom stereocenters. The fourth-order valence-corrected chi connectivity index (χ4v) is 5.64. The molecule has 0 aliphatic carbocycles. The van der Waals surface area contributed by atoms with Crippen molar-refractivity contribution in [3.63, 3.8) is 0 Å². The zero-order valence-electron chi connectivity index (χ0n) is 23.7. The van der Waals surface area contributed by atoms with E-state index in [2.05, 4.69) is 5.32 Å². The molecule has 7 nitrogen and oxygen atoms in total. The van der Waals surface area contributed by atoms with E-state index in [4.69, 9.17) is 0 Å². The third-order valence-electron chi connectivity index (χ3n) is 6.86. The van der Waals surface area contributed by atoms with Crippen LogP contribution in [0.1, 0.15) is 50.3 Å². The van der Waals surface area contributed by atoms with Crippen LogP contribution in [-0.2, 0) is 26.2 Å². The Hall–Kier alpha value is -3.72. The van der Waals surface area contributed by atoms with Crippen LogP contribution < -0.4 is 9.62 Å². The summed E-state index contributed by atoms with van der Waals surface area (Å²) in [5, 5.41) is 2.96. The second kappa shape index (κ2) is 13.6. The van der Waals surface area contributed by atoms with Crippen LogP contribution in [0.25, 0.3) is 0 Å². The lowest BCUT2D eigenvalue weighted by molar-refractivity contribution is -0.140. The lowest BCUT2D eigenvalue weighted by Crippen LogP contribution is -2.53. The molecular formula is C31H38FN3O4S. The number of rotatable bonds is 12. The number of carbonyl (C=O) groups is 2. The summed E-state index contributed by atoms with van der Waals surface area (Å²) in [6, 6.07) is 18.0. The molecule has 0 radical (unpaired) electrons. The van der Waals surface area contributed by atoms with Crippen LogP contribution in [0.3, 0.4) is 0 Å². The second-order valence-electron chi connectivity index (χ2n) is 10.1. The van der Waals surface area contributed by atoms with Gasteiger partial charge in [0.2, 0.25) is 11.8 Å². The maximum Gasteiger partial charge on any atom is 0.264 e. The van der Waals surface area contributed by atoms with E-state index in [0.717, 1.165) is 39.5 Å². The maximum atomic E-state index is 14.0. The van der Waals surface area contributed by atoms with Crippen LogP contribution in [0.5, 0.6) is 0 Å². The summed E-state index contributed by atoms with van der Waals surface area (Å²) in [5.41, 5.74) is 2.88. The monoisotopic (exact) mass is 567 g/mol. The lowest BCUT2D eigenvalue weighted by Gasteiger charge is -2.33. The van der Waals surface area contributed by atoms with Gasteiger partial charge in [-0.25, -0.2) is 12.8 Å². The van der Waals surface area contributed by atoms with Gasteiger partial charge >= 0.3 is 0 Å². The van der Waals surface area contributed by atoms with Crippen molar-refractivity contribution in [3.05, 3.63) is 95.3 Å². The van der Waals surface area contributed by atoms with Crippen molar-refractivity contribution < 1.29 is 22.4 Å². The minimum absolute atomic E-state index is 0.00173. The molecule has 2 atom stereocenters. The molecule has 214 valence electrons. The molecule has 3 aromatic carbocycles. The molecule has 0 bridgehead atoms. The van der Waals surface area contributed by atoms with Gasteiger partial charge in [-0.05, 0) is 75.6 Å². The molecule has 3 rings (SSSR count). The Morgan fingerprint density at radius 3 is 1.93 bits per heavy atom. The van der Waals surface area contributed by atoms with E-state index in [0.29, 0.717) is 6.42 Å². The quantitative estimate of drug-likeness (QED) is 0.319. The zero-order chi connectivity index (χ0) is 29.4. The summed E-state index contributed by atoms with van der Waals surface area (Å²) in [6.45, 7) is 9.01. The first-order valence-corrected chi connectivity index (χ1v) is 14.9. The van der Waals surface area contributed by atoms with Crippen molar-refractivity contribution >= 4 is 27.5 Å². The average molecular weight is 568 g/mol. The van der Waals surface area contributed by atoms with E-state index in [1.165, 1.54) is 29.2 Å². The van der Waals surface area contributed by atoms with Crippen LogP contribution in [0.15, 0.2) is 77.7 Å². The molecule has 40 heavy (non-hydrogen) atoms. The summed E-state index contributed by atoms with van der Waals surface area (Å²) in [5.74, 6) is -1.38. The van der Waals surface area contributed by atoms with Crippen LogP contribution >= 0.6 is 0 Å². The van der Waals surface area contributed by atoms with Gasteiger partial charge in [0.1, 0.15) is 18.4 Å². The molecule has 0 saturated heterocycles. The SMILES string of the molecule is CC[C@H](C)NC(=O)[C@H](CC)N(Cc1ccc(C)cc1)C(=O)CN(c1ccc(F)cc1)S(=O)(=O)c1ccc(C)cc1. The fraction of sp³-hybridized carbons (Fsp3) is 0.355. The van der Waals surface area contributed by atoms with Crippen molar-refractivity contribution in [2.75, 3.05) is 10.8 Å². The third-order valence-corrected chi connectivity index (χ3v) is 8.65. The molecule has 0 spiro atoms. The first-order valence-electron chi connectivity index (χ1n) is 13.5. The van der Waals surface area contributed by atoms with Gasteiger partial charge in [0.15, 0.2) is 0 Å². The molecule has 0 heterocycles. The first kappa shape index (κ1) is 30.8. The molecule has 0 aromatic heterocycles. The third kappa shape index (κ3) is 7.69. The molecule has 3 aromatic rings. The number of anilines is 1. The Morgan fingerprint density at radius 2 is 1.40 bits per heavy atom. The molecule has 0 aliphatic rings. The number of sulfonamides is 1. The van der Waals surface area contributed by atoms with Crippen LogP contribution in [0.2, 0.25) is 0 Å². The summed E-state index contributed by atoms with van der Waals surface area (Å²) >= 11 is 0. The molecular weight excluding hydrogens is 529 g/mol. The minimum Gasteiger partial charge on any atom is -0.352 e. The Labute approximate surface area is 237 Å². The zero-order valence-corrected chi connectivity index (χ0v) is 24.5. The highest BCUT2D eigenvalue weighted by Gasteiger charge is 2.34. The van der Waals surface area contributed by atoms with Gasteiger partial charge in [-0.3, -0.25) is 13.9 Å². The van der Waals surface area contributed by atoms with Crippen molar-refractivity contribution in [3.8, 4) is 0 Å². The molecule has 2 amide bonds. The van der Waals surface area contributed by atoms with Crippen LogP contribution in [-0.4, -0.2) is 43.8 Å². The number of carbonyl (C=O) groups excluding carboxylic acids is 2. The van der Waals surface area contributed by atoms with Crippen molar-refractivity contribution in [2.24, 2.45) is 0 Å². The number of halogens is 1. The van der Waals surface area contributed by atoms with Crippen molar-refractivity contribution in [1.29, 1.82) is 0 Å². The van der Waals surface area contributed by atoms with E-state index in [-0.39, 0.29) is 29.1 Å². The standard InChI is InChI=1S/C31H38FN3O4S/c1-6-24(5)33-31(37)29(7-2)34(20-25-12-8-22(3)9-13-25)30(36)21-35(27-16-14-26(32)15-17-27)40(38,39)28-18-10-23(4)11-19-28/h8-19,24,29H,6-7,20-21H2,1-5H3,(H,33,37)/t24-,29-/m0/s1. The summed E-state index contributed by atoms with van der Waals surface area (Å²) in [6.07, 6.45) is 1.06. The lowest BCUT2D eigenvalue weighted by atomic mass is 10.1. The molecule has 9 heteroatoms. The highest BCUT2D eigenvalue weighted by molar-refractivity contribution is 7.92. The Bertz CT molecular complexity index is 1390. The topological polar surface area (TPSA) is 86.8 Å². The number of nitrogens with one attached hydrogen (secondary N) is 1.